The third-order valence-corrected chi connectivity index (χ3v) is 3.35. The molecule has 17 heavy (non-hydrogen) atoms. The SMILES string of the molecule is CCC(Sc1ncccc1OC(C)C)C(=O)O. The minimum absolute atomic E-state index is 0.0449. The molecule has 0 aromatic carbocycles. The minimum Gasteiger partial charge on any atom is -0.488 e. The zero-order chi connectivity index (χ0) is 12.8. The smallest absolute Gasteiger partial charge is 0.317 e. The van der Waals surface area contributed by atoms with Gasteiger partial charge in [-0.15, -0.1) is 0 Å². The fourth-order valence-electron chi connectivity index (χ4n) is 1.25. The normalized spacial score (nSPS) is 12.5. The van der Waals surface area contributed by atoms with E-state index in [1.54, 1.807) is 12.3 Å². The van der Waals surface area contributed by atoms with Crippen molar-refractivity contribution in [3.8, 4) is 5.75 Å². The zero-order valence-electron chi connectivity index (χ0n) is 10.2. The van der Waals surface area contributed by atoms with Gasteiger partial charge in [-0.2, -0.15) is 0 Å². The van der Waals surface area contributed by atoms with Crippen LogP contribution in [0.3, 0.4) is 0 Å². The Morgan fingerprint density at radius 1 is 1.59 bits per heavy atom. The van der Waals surface area contributed by atoms with Crippen LogP contribution in [0, 0.1) is 0 Å². The van der Waals surface area contributed by atoms with Crippen LogP contribution >= 0.6 is 11.8 Å². The lowest BCUT2D eigenvalue weighted by Gasteiger charge is -2.14. The molecule has 0 amide bonds. The Balaban J connectivity index is 2.85. The number of pyridine rings is 1. The van der Waals surface area contributed by atoms with Crippen molar-refractivity contribution in [1.82, 2.24) is 4.98 Å². The number of hydrogen-bond acceptors (Lipinski definition) is 4. The molecule has 5 heteroatoms. The van der Waals surface area contributed by atoms with Crippen molar-refractivity contribution in [2.24, 2.45) is 0 Å². The Hall–Kier alpha value is -1.23. The maximum atomic E-state index is 11.0. The number of ether oxygens (including phenoxy) is 1. The molecule has 0 spiro atoms. The Morgan fingerprint density at radius 3 is 2.82 bits per heavy atom. The Bertz CT molecular complexity index is 382. The third-order valence-electron chi connectivity index (χ3n) is 2.00. The van der Waals surface area contributed by atoms with Crippen molar-refractivity contribution in [2.75, 3.05) is 0 Å². The van der Waals surface area contributed by atoms with E-state index in [1.165, 1.54) is 11.8 Å². The third kappa shape index (κ3) is 4.26. The predicted molar refractivity (Wildman–Crippen MR) is 67.6 cm³/mol. The second kappa shape index (κ2) is 6.49. The van der Waals surface area contributed by atoms with Crippen LogP contribution in [-0.2, 0) is 4.79 Å². The number of aromatic nitrogens is 1. The van der Waals surface area contributed by atoms with E-state index in [4.69, 9.17) is 9.84 Å². The number of carbonyl (C=O) groups is 1. The molecule has 0 fully saturated rings. The fraction of sp³-hybridized carbons (Fsp3) is 0.500. The van der Waals surface area contributed by atoms with Crippen LogP contribution in [-0.4, -0.2) is 27.4 Å². The van der Waals surface area contributed by atoms with Gasteiger partial charge in [-0.05, 0) is 32.4 Å². The molecule has 0 bridgehead atoms. The quantitative estimate of drug-likeness (QED) is 0.792. The van der Waals surface area contributed by atoms with E-state index in [-0.39, 0.29) is 6.10 Å². The summed E-state index contributed by atoms with van der Waals surface area (Å²) < 4.78 is 5.59. The van der Waals surface area contributed by atoms with Gasteiger partial charge in [-0.3, -0.25) is 4.79 Å². The van der Waals surface area contributed by atoms with Gasteiger partial charge in [0.1, 0.15) is 10.3 Å². The number of aliphatic carboxylic acids is 1. The summed E-state index contributed by atoms with van der Waals surface area (Å²) in [5.41, 5.74) is 0. The molecule has 1 heterocycles. The van der Waals surface area contributed by atoms with Crippen LogP contribution in [0.4, 0.5) is 0 Å². The van der Waals surface area contributed by atoms with Crippen molar-refractivity contribution in [3.63, 3.8) is 0 Å². The molecule has 0 aliphatic carbocycles. The molecule has 0 saturated heterocycles. The summed E-state index contributed by atoms with van der Waals surface area (Å²) in [7, 11) is 0. The summed E-state index contributed by atoms with van der Waals surface area (Å²) >= 11 is 1.23. The molecule has 1 aromatic heterocycles. The van der Waals surface area contributed by atoms with Gasteiger partial charge < -0.3 is 9.84 Å². The second-order valence-electron chi connectivity index (χ2n) is 3.83. The standard InChI is InChI=1S/C12H17NO3S/c1-4-10(12(14)15)17-11-9(16-8(2)3)6-5-7-13-11/h5-8,10H,4H2,1-3H3,(H,14,15). The first-order chi connectivity index (χ1) is 8.04. The van der Waals surface area contributed by atoms with Gasteiger partial charge in [-0.25, -0.2) is 4.98 Å². The molecule has 1 atom stereocenters. The van der Waals surface area contributed by atoms with E-state index in [1.807, 2.05) is 26.8 Å². The van der Waals surface area contributed by atoms with Crippen LogP contribution in [0.1, 0.15) is 27.2 Å². The van der Waals surface area contributed by atoms with Gasteiger partial charge in [0.05, 0.1) is 6.10 Å². The zero-order valence-corrected chi connectivity index (χ0v) is 11.0. The lowest BCUT2D eigenvalue weighted by Crippen LogP contribution is -2.15. The number of thioether (sulfide) groups is 1. The van der Waals surface area contributed by atoms with Gasteiger partial charge in [0.2, 0.25) is 0 Å². The molecule has 0 saturated carbocycles. The highest BCUT2D eigenvalue weighted by molar-refractivity contribution is 8.00. The summed E-state index contributed by atoms with van der Waals surface area (Å²) in [5.74, 6) is -0.175. The molecule has 0 aliphatic heterocycles. The van der Waals surface area contributed by atoms with E-state index in [9.17, 15) is 4.79 Å². The van der Waals surface area contributed by atoms with Gasteiger partial charge in [0.15, 0.2) is 5.75 Å². The van der Waals surface area contributed by atoms with Crippen molar-refractivity contribution in [2.45, 2.75) is 43.6 Å². The second-order valence-corrected chi connectivity index (χ2v) is 5.02. The number of carboxylic acid groups (broad SMARTS) is 1. The highest BCUT2D eigenvalue weighted by Crippen LogP contribution is 2.31. The molecule has 4 nitrogen and oxygen atoms in total. The van der Waals surface area contributed by atoms with Gasteiger partial charge in [0.25, 0.3) is 0 Å². The molecule has 0 radical (unpaired) electrons. The van der Waals surface area contributed by atoms with E-state index < -0.39 is 11.2 Å². The summed E-state index contributed by atoms with van der Waals surface area (Å²) in [6, 6.07) is 3.59. The first-order valence-electron chi connectivity index (χ1n) is 5.55. The Morgan fingerprint density at radius 2 is 2.29 bits per heavy atom. The van der Waals surface area contributed by atoms with E-state index in [0.717, 1.165) is 0 Å². The van der Waals surface area contributed by atoms with Crippen LogP contribution < -0.4 is 4.74 Å². The number of nitrogens with zero attached hydrogens (tertiary/aromatic N) is 1. The number of carboxylic acids is 1. The lowest BCUT2D eigenvalue weighted by atomic mass is 10.3. The molecular weight excluding hydrogens is 238 g/mol. The fourth-order valence-corrected chi connectivity index (χ4v) is 2.14. The molecule has 94 valence electrons. The number of hydrogen-bond donors (Lipinski definition) is 1. The molecule has 0 aliphatic rings. The monoisotopic (exact) mass is 255 g/mol. The predicted octanol–water partition coefficient (Wildman–Crippen LogP) is 2.82. The summed E-state index contributed by atoms with van der Waals surface area (Å²) in [6.07, 6.45) is 2.24. The molecule has 1 aromatic rings. The molecular formula is C12H17NO3S. The highest BCUT2D eigenvalue weighted by Gasteiger charge is 2.19. The number of rotatable bonds is 6. The Labute approximate surface area is 105 Å². The highest BCUT2D eigenvalue weighted by atomic mass is 32.2. The van der Waals surface area contributed by atoms with Crippen molar-refractivity contribution < 1.29 is 14.6 Å². The van der Waals surface area contributed by atoms with Crippen LogP contribution in [0.15, 0.2) is 23.4 Å². The van der Waals surface area contributed by atoms with Crippen LogP contribution in [0.25, 0.3) is 0 Å². The largest absolute Gasteiger partial charge is 0.488 e. The lowest BCUT2D eigenvalue weighted by molar-refractivity contribution is -0.136. The van der Waals surface area contributed by atoms with E-state index in [0.29, 0.717) is 17.2 Å². The average molecular weight is 255 g/mol. The van der Waals surface area contributed by atoms with Crippen molar-refractivity contribution in [3.05, 3.63) is 18.3 Å². The summed E-state index contributed by atoms with van der Waals surface area (Å²) in [4.78, 5) is 15.2. The van der Waals surface area contributed by atoms with E-state index >= 15 is 0 Å². The van der Waals surface area contributed by atoms with Crippen molar-refractivity contribution in [1.29, 1.82) is 0 Å². The molecule has 1 N–H and O–H groups in total. The molecule has 1 unspecified atom stereocenters. The van der Waals surface area contributed by atoms with Gasteiger partial charge in [-0.1, -0.05) is 18.7 Å². The maximum absolute atomic E-state index is 11.0. The topological polar surface area (TPSA) is 59.4 Å². The van der Waals surface area contributed by atoms with Crippen LogP contribution in [0.2, 0.25) is 0 Å². The minimum atomic E-state index is -0.821. The summed E-state index contributed by atoms with van der Waals surface area (Å²) in [6.45, 7) is 5.70. The van der Waals surface area contributed by atoms with Gasteiger partial charge >= 0.3 is 5.97 Å². The first kappa shape index (κ1) is 13.8. The molecule has 1 rings (SSSR count). The maximum Gasteiger partial charge on any atom is 0.317 e. The average Bonchev–Trinajstić information content (AvgIpc) is 2.26. The van der Waals surface area contributed by atoms with E-state index in [2.05, 4.69) is 4.98 Å². The van der Waals surface area contributed by atoms with Crippen LogP contribution in [0.5, 0.6) is 5.75 Å². The Kier molecular flexibility index (Phi) is 5.28. The van der Waals surface area contributed by atoms with Crippen molar-refractivity contribution >= 4 is 17.7 Å². The van der Waals surface area contributed by atoms with Gasteiger partial charge in [0, 0.05) is 6.20 Å². The summed E-state index contributed by atoms with van der Waals surface area (Å²) in [5, 5.41) is 9.17. The first-order valence-corrected chi connectivity index (χ1v) is 6.43.